The highest BCUT2D eigenvalue weighted by Crippen LogP contribution is 2.27. The van der Waals surface area contributed by atoms with Crippen LogP contribution in [0.5, 0.6) is 5.75 Å². The minimum Gasteiger partial charge on any atom is -0.491 e. The van der Waals surface area contributed by atoms with Crippen molar-refractivity contribution in [3.63, 3.8) is 0 Å². The predicted octanol–water partition coefficient (Wildman–Crippen LogP) is 5.45. The molecule has 0 fully saturated rings. The van der Waals surface area contributed by atoms with Crippen LogP contribution in [0.4, 0.5) is 23.1 Å². The molecule has 6 nitrogen and oxygen atoms in total. The minimum absolute atomic E-state index is 0.129. The van der Waals surface area contributed by atoms with E-state index in [-0.39, 0.29) is 6.10 Å². The second kappa shape index (κ2) is 8.21. The van der Waals surface area contributed by atoms with Crippen LogP contribution in [-0.4, -0.2) is 21.3 Å². The van der Waals surface area contributed by atoms with Gasteiger partial charge in [-0.1, -0.05) is 23.2 Å². The van der Waals surface area contributed by atoms with Crippen molar-refractivity contribution < 1.29 is 4.74 Å². The number of benzene rings is 2. The summed E-state index contributed by atoms with van der Waals surface area (Å²) >= 11 is 12.1. The fraction of sp³-hybridized carbons (Fsp3) is 0.167. The molecule has 0 atom stereocenters. The van der Waals surface area contributed by atoms with Gasteiger partial charge in [-0.15, -0.1) is 5.10 Å². The van der Waals surface area contributed by atoms with E-state index in [0.717, 1.165) is 11.4 Å². The minimum atomic E-state index is 0.129. The summed E-state index contributed by atoms with van der Waals surface area (Å²) in [5, 5.41) is 15.2. The molecule has 0 amide bonds. The lowest BCUT2D eigenvalue weighted by Gasteiger charge is -2.11. The maximum absolute atomic E-state index is 6.16. The number of hydrogen-bond acceptors (Lipinski definition) is 6. The maximum atomic E-state index is 6.16. The molecule has 3 aromatic rings. The zero-order chi connectivity index (χ0) is 18.5. The number of anilines is 4. The fourth-order valence-corrected chi connectivity index (χ4v) is 2.62. The standard InChI is InChI=1S/C18H17Cl2N5O/c1-11(2)26-14-6-4-13(5-7-14)22-18-24-17(10-21-25-18)23-16-8-3-12(19)9-15(16)20/h3-11H,1-2H3,(H2,22,23,24,25). The van der Waals surface area contributed by atoms with E-state index in [4.69, 9.17) is 27.9 Å². The van der Waals surface area contributed by atoms with Crippen molar-refractivity contribution >= 4 is 46.3 Å². The Morgan fingerprint density at radius 1 is 1.00 bits per heavy atom. The summed E-state index contributed by atoms with van der Waals surface area (Å²) < 4.78 is 5.62. The molecule has 0 saturated heterocycles. The van der Waals surface area contributed by atoms with E-state index in [0.29, 0.717) is 27.5 Å². The molecule has 0 unspecified atom stereocenters. The number of hydrogen-bond donors (Lipinski definition) is 2. The molecule has 0 radical (unpaired) electrons. The van der Waals surface area contributed by atoms with E-state index in [9.17, 15) is 0 Å². The average molecular weight is 390 g/mol. The lowest BCUT2D eigenvalue weighted by molar-refractivity contribution is 0.242. The molecule has 1 aromatic heterocycles. The van der Waals surface area contributed by atoms with Gasteiger partial charge in [0.15, 0.2) is 5.82 Å². The summed E-state index contributed by atoms with van der Waals surface area (Å²) in [6.07, 6.45) is 1.64. The Morgan fingerprint density at radius 3 is 2.46 bits per heavy atom. The highest BCUT2D eigenvalue weighted by atomic mass is 35.5. The monoisotopic (exact) mass is 389 g/mol. The van der Waals surface area contributed by atoms with E-state index < -0.39 is 0 Å². The fourth-order valence-electron chi connectivity index (χ4n) is 2.16. The Balaban J connectivity index is 1.71. The first-order valence-electron chi connectivity index (χ1n) is 7.95. The van der Waals surface area contributed by atoms with Crippen LogP contribution in [0.2, 0.25) is 10.0 Å². The van der Waals surface area contributed by atoms with Crippen LogP contribution in [0.1, 0.15) is 13.8 Å². The highest BCUT2D eigenvalue weighted by Gasteiger charge is 2.06. The SMILES string of the molecule is CC(C)Oc1ccc(Nc2nncc(Nc3ccc(Cl)cc3Cl)n2)cc1. The van der Waals surface area contributed by atoms with Gasteiger partial charge < -0.3 is 15.4 Å². The Morgan fingerprint density at radius 2 is 1.77 bits per heavy atom. The molecule has 2 aromatic carbocycles. The summed E-state index contributed by atoms with van der Waals surface area (Å²) in [5.41, 5.74) is 1.50. The molecular weight excluding hydrogens is 373 g/mol. The number of ether oxygens (including phenoxy) is 1. The van der Waals surface area contributed by atoms with Gasteiger partial charge in [-0.05, 0) is 56.3 Å². The lowest BCUT2D eigenvalue weighted by atomic mass is 10.3. The first kappa shape index (κ1) is 18.2. The Kier molecular flexibility index (Phi) is 5.75. The van der Waals surface area contributed by atoms with E-state index in [1.807, 2.05) is 38.1 Å². The van der Waals surface area contributed by atoms with E-state index in [1.165, 1.54) is 6.20 Å². The van der Waals surface area contributed by atoms with Gasteiger partial charge in [-0.2, -0.15) is 10.1 Å². The largest absolute Gasteiger partial charge is 0.491 e. The van der Waals surface area contributed by atoms with E-state index >= 15 is 0 Å². The number of halogens is 2. The molecule has 26 heavy (non-hydrogen) atoms. The molecule has 134 valence electrons. The van der Waals surface area contributed by atoms with Gasteiger partial charge in [0.05, 0.1) is 23.0 Å². The predicted molar refractivity (Wildman–Crippen MR) is 105 cm³/mol. The summed E-state index contributed by atoms with van der Waals surface area (Å²) in [6, 6.07) is 12.7. The van der Waals surface area contributed by atoms with Gasteiger partial charge in [0, 0.05) is 10.7 Å². The van der Waals surface area contributed by atoms with Gasteiger partial charge >= 0.3 is 0 Å². The maximum Gasteiger partial charge on any atom is 0.249 e. The molecule has 0 spiro atoms. The van der Waals surface area contributed by atoms with Crippen molar-refractivity contribution in [2.24, 2.45) is 0 Å². The third kappa shape index (κ3) is 4.97. The molecule has 0 saturated carbocycles. The van der Waals surface area contributed by atoms with Crippen molar-refractivity contribution in [2.45, 2.75) is 20.0 Å². The van der Waals surface area contributed by atoms with Gasteiger partial charge in [-0.3, -0.25) is 0 Å². The number of nitrogens with zero attached hydrogens (tertiary/aromatic N) is 3. The number of aromatic nitrogens is 3. The van der Waals surface area contributed by atoms with Crippen LogP contribution in [0.3, 0.4) is 0 Å². The summed E-state index contributed by atoms with van der Waals surface area (Å²) in [5.74, 6) is 1.67. The van der Waals surface area contributed by atoms with Crippen LogP contribution in [0, 0.1) is 0 Å². The van der Waals surface area contributed by atoms with Crippen molar-refractivity contribution in [3.8, 4) is 5.75 Å². The van der Waals surface area contributed by atoms with Crippen molar-refractivity contribution in [1.82, 2.24) is 15.2 Å². The van der Waals surface area contributed by atoms with Gasteiger partial charge in [0.25, 0.3) is 0 Å². The Hall–Kier alpha value is -2.57. The highest BCUT2D eigenvalue weighted by molar-refractivity contribution is 6.36. The van der Waals surface area contributed by atoms with Crippen LogP contribution in [-0.2, 0) is 0 Å². The summed E-state index contributed by atoms with van der Waals surface area (Å²) in [6.45, 7) is 3.97. The van der Waals surface area contributed by atoms with Crippen LogP contribution < -0.4 is 15.4 Å². The molecule has 0 aliphatic carbocycles. The summed E-state index contributed by atoms with van der Waals surface area (Å²) in [4.78, 5) is 4.38. The molecule has 3 rings (SSSR count). The Labute approximate surface area is 161 Å². The van der Waals surface area contributed by atoms with Crippen LogP contribution >= 0.6 is 23.2 Å². The number of rotatable bonds is 6. The molecule has 8 heteroatoms. The third-order valence-electron chi connectivity index (χ3n) is 3.23. The van der Waals surface area contributed by atoms with Crippen molar-refractivity contribution in [1.29, 1.82) is 0 Å². The molecule has 0 aliphatic heterocycles. The lowest BCUT2D eigenvalue weighted by Crippen LogP contribution is -2.05. The van der Waals surface area contributed by atoms with Crippen molar-refractivity contribution in [2.75, 3.05) is 10.6 Å². The van der Waals surface area contributed by atoms with E-state index in [2.05, 4.69) is 25.8 Å². The number of nitrogens with one attached hydrogen (secondary N) is 2. The topological polar surface area (TPSA) is 72.0 Å². The van der Waals surface area contributed by atoms with Gasteiger partial charge in [-0.25, -0.2) is 0 Å². The van der Waals surface area contributed by atoms with Gasteiger partial charge in [0.1, 0.15) is 5.75 Å². The first-order chi connectivity index (χ1) is 12.5. The second-order valence-electron chi connectivity index (χ2n) is 5.73. The van der Waals surface area contributed by atoms with Crippen molar-refractivity contribution in [3.05, 3.63) is 58.7 Å². The molecule has 0 aliphatic rings. The quantitative estimate of drug-likeness (QED) is 0.583. The first-order valence-corrected chi connectivity index (χ1v) is 8.71. The van der Waals surface area contributed by atoms with E-state index in [1.54, 1.807) is 18.2 Å². The average Bonchev–Trinajstić information content (AvgIpc) is 2.59. The zero-order valence-electron chi connectivity index (χ0n) is 14.2. The molecule has 1 heterocycles. The smallest absolute Gasteiger partial charge is 0.249 e. The third-order valence-corrected chi connectivity index (χ3v) is 3.78. The summed E-state index contributed by atoms with van der Waals surface area (Å²) in [7, 11) is 0. The Bertz CT molecular complexity index is 887. The van der Waals surface area contributed by atoms with Crippen LogP contribution in [0.25, 0.3) is 0 Å². The van der Waals surface area contributed by atoms with Gasteiger partial charge in [0.2, 0.25) is 5.95 Å². The zero-order valence-corrected chi connectivity index (χ0v) is 15.7. The second-order valence-corrected chi connectivity index (χ2v) is 6.57. The molecule has 2 N–H and O–H groups in total. The molecule has 0 bridgehead atoms. The molecular formula is C18H17Cl2N5O. The van der Waals surface area contributed by atoms with Crippen LogP contribution in [0.15, 0.2) is 48.7 Å². The normalized spacial score (nSPS) is 10.7.